The molecule has 0 amide bonds. The van der Waals surface area contributed by atoms with E-state index in [1.807, 2.05) is 6.92 Å². The summed E-state index contributed by atoms with van der Waals surface area (Å²) >= 11 is 3.37. The van der Waals surface area contributed by atoms with Gasteiger partial charge in [-0.25, -0.2) is 4.39 Å². The molecule has 4 heteroatoms. The van der Waals surface area contributed by atoms with Crippen LogP contribution in [0.2, 0.25) is 0 Å². The molecule has 2 rings (SSSR count). The lowest BCUT2D eigenvalue weighted by atomic mass is 10.1. The Morgan fingerprint density at radius 2 is 2.24 bits per heavy atom. The Labute approximate surface area is 109 Å². The monoisotopic (exact) mass is 301 g/mol. The first-order valence-corrected chi connectivity index (χ1v) is 6.65. The second-order valence-electron chi connectivity index (χ2n) is 4.93. The Kier molecular flexibility index (Phi) is 3.85. The summed E-state index contributed by atoms with van der Waals surface area (Å²) < 4.78 is 13.8. The van der Waals surface area contributed by atoms with E-state index < -0.39 is 0 Å². The number of hydrogen-bond acceptors (Lipinski definition) is 2. The van der Waals surface area contributed by atoms with E-state index in [0.717, 1.165) is 29.4 Å². The molecular formula is C13H17BrFNO. The molecule has 1 atom stereocenters. The highest BCUT2D eigenvalue weighted by molar-refractivity contribution is 9.10. The number of hydrogen-bond donors (Lipinski definition) is 2. The van der Waals surface area contributed by atoms with E-state index in [2.05, 4.69) is 21.2 Å². The smallest absolute Gasteiger partial charge is 0.124 e. The zero-order valence-corrected chi connectivity index (χ0v) is 11.4. The molecule has 2 nitrogen and oxygen atoms in total. The van der Waals surface area contributed by atoms with Gasteiger partial charge in [-0.1, -0.05) is 22.0 Å². The van der Waals surface area contributed by atoms with Gasteiger partial charge in [0.2, 0.25) is 0 Å². The standard InChI is InChI=1S/C13H17BrFNO/c1-9(16-7-13(8-17)4-5-13)11-3-2-10(15)6-12(11)14/h2-3,6,9,16-17H,4-5,7-8H2,1H3. The first-order valence-electron chi connectivity index (χ1n) is 5.85. The number of halogens is 2. The molecule has 0 aromatic heterocycles. The van der Waals surface area contributed by atoms with Crippen molar-refractivity contribution in [3.63, 3.8) is 0 Å². The Balaban J connectivity index is 1.97. The highest BCUT2D eigenvalue weighted by Crippen LogP contribution is 2.44. The van der Waals surface area contributed by atoms with Crippen molar-refractivity contribution in [1.82, 2.24) is 5.32 Å². The van der Waals surface area contributed by atoms with Crippen LogP contribution < -0.4 is 5.32 Å². The summed E-state index contributed by atoms with van der Waals surface area (Å²) in [5, 5.41) is 12.6. The van der Waals surface area contributed by atoms with Gasteiger partial charge in [0, 0.05) is 29.1 Å². The van der Waals surface area contributed by atoms with Crippen molar-refractivity contribution in [2.24, 2.45) is 5.41 Å². The minimum absolute atomic E-state index is 0.0980. The SMILES string of the molecule is CC(NCC1(CO)CC1)c1ccc(F)cc1Br. The fourth-order valence-corrected chi connectivity index (χ4v) is 2.59. The van der Waals surface area contributed by atoms with Crippen LogP contribution in [-0.4, -0.2) is 18.3 Å². The zero-order valence-electron chi connectivity index (χ0n) is 9.84. The van der Waals surface area contributed by atoms with E-state index in [0.29, 0.717) is 0 Å². The fourth-order valence-electron chi connectivity index (χ4n) is 1.90. The van der Waals surface area contributed by atoms with Gasteiger partial charge in [0.1, 0.15) is 5.82 Å². The van der Waals surface area contributed by atoms with Crippen LogP contribution in [0.4, 0.5) is 4.39 Å². The molecule has 1 unspecified atom stereocenters. The lowest BCUT2D eigenvalue weighted by Gasteiger charge is -2.19. The van der Waals surface area contributed by atoms with Crippen molar-refractivity contribution >= 4 is 15.9 Å². The molecule has 1 aromatic rings. The second kappa shape index (κ2) is 5.04. The first-order chi connectivity index (χ1) is 8.06. The lowest BCUT2D eigenvalue weighted by Crippen LogP contribution is -2.29. The predicted octanol–water partition coefficient (Wildman–Crippen LogP) is 3.01. The van der Waals surface area contributed by atoms with Crippen molar-refractivity contribution < 1.29 is 9.50 Å². The van der Waals surface area contributed by atoms with Crippen LogP contribution in [-0.2, 0) is 0 Å². The molecule has 0 heterocycles. The largest absolute Gasteiger partial charge is 0.396 e. The number of aliphatic hydroxyl groups excluding tert-OH is 1. The summed E-state index contributed by atoms with van der Waals surface area (Å²) in [5.41, 5.74) is 1.14. The summed E-state index contributed by atoms with van der Waals surface area (Å²) in [7, 11) is 0. The topological polar surface area (TPSA) is 32.3 Å². The normalized spacial score (nSPS) is 19.1. The molecule has 0 bridgehead atoms. The third-order valence-electron chi connectivity index (χ3n) is 3.50. The van der Waals surface area contributed by atoms with Crippen LogP contribution in [0.15, 0.2) is 22.7 Å². The average Bonchev–Trinajstić information content (AvgIpc) is 3.07. The van der Waals surface area contributed by atoms with Gasteiger partial charge in [0.05, 0.1) is 0 Å². The molecular weight excluding hydrogens is 285 g/mol. The molecule has 1 aromatic carbocycles. The van der Waals surface area contributed by atoms with Crippen LogP contribution >= 0.6 is 15.9 Å². The van der Waals surface area contributed by atoms with Crippen molar-refractivity contribution in [2.45, 2.75) is 25.8 Å². The molecule has 94 valence electrons. The number of nitrogens with one attached hydrogen (secondary N) is 1. The predicted molar refractivity (Wildman–Crippen MR) is 69.3 cm³/mol. The van der Waals surface area contributed by atoms with Crippen LogP contribution in [0.5, 0.6) is 0 Å². The molecule has 0 radical (unpaired) electrons. The van der Waals surface area contributed by atoms with Gasteiger partial charge in [-0.3, -0.25) is 0 Å². The summed E-state index contributed by atoms with van der Waals surface area (Å²) in [6.45, 7) is 3.11. The molecule has 1 saturated carbocycles. The van der Waals surface area contributed by atoms with E-state index >= 15 is 0 Å². The van der Waals surface area contributed by atoms with E-state index in [-0.39, 0.29) is 23.9 Å². The van der Waals surface area contributed by atoms with Gasteiger partial charge in [-0.2, -0.15) is 0 Å². The van der Waals surface area contributed by atoms with E-state index in [4.69, 9.17) is 0 Å². The maximum absolute atomic E-state index is 13.0. The van der Waals surface area contributed by atoms with Gasteiger partial charge in [0.25, 0.3) is 0 Å². The lowest BCUT2D eigenvalue weighted by molar-refractivity contribution is 0.204. The Bertz CT molecular complexity index is 406. The molecule has 0 saturated heterocycles. The van der Waals surface area contributed by atoms with Crippen LogP contribution in [0.25, 0.3) is 0 Å². The van der Waals surface area contributed by atoms with Crippen molar-refractivity contribution in [3.8, 4) is 0 Å². The van der Waals surface area contributed by atoms with Crippen molar-refractivity contribution in [1.29, 1.82) is 0 Å². The van der Waals surface area contributed by atoms with Crippen molar-refractivity contribution in [3.05, 3.63) is 34.1 Å². The second-order valence-corrected chi connectivity index (χ2v) is 5.78. The Morgan fingerprint density at radius 1 is 1.53 bits per heavy atom. The summed E-state index contributed by atoms with van der Waals surface area (Å²) in [4.78, 5) is 0. The number of rotatable bonds is 5. The highest BCUT2D eigenvalue weighted by atomic mass is 79.9. The van der Waals surface area contributed by atoms with E-state index in [1.165, 1.54) is 12.1 Å². The molecule has 1 fully saturated rings. The molecule has 1 aliphatic carbocycles. The zero-order chi connectivity index (χ0) is 12.5. The average molecular weight is 302 g/mol. The highest BCUT2D eigenvalue weighted by Gasteiger charge is 2.41. The van der Waals surface area contributed by atoms with Crippen LogP contribution in [0.3, 0.4) is 0 Å². The van der Waals surface area contributed by atoms with Crippen LogP contribution in [0, 0.1) is 11.2 Å². The molecule has 17 heavy (non-hydrogen) atoms. The minimum atomic E-state index is -0.234. The summed E-state index contributed by atoms with van der Waals surface area (Å²) in [6.07, 6.45) is 2.18. The third kappa shape index (κ3) is 3.06. The summed E-state index contributed by atoms with van der Waals surface area (Å²) in [6, 6.07) is 4.88. The molecule has 0 spiro atoms. The molecule has 1 aliphatic rings. The minimum Gasteiger partial charge on any atom is -0.396 e. The fraction of sp³-hybridized carbons (Fsp3) is 0.538. The number of benzene rings is 1. The molecule has 0 aliphatic heterocycles. The van der Waals surface area contributed by atoms with Gasteiger partial charge in [-0.15, -0.1) is 0 Å². The maximum Gasteiger partial charge on any atom is 0.124 e. The van der Waals surface area contributed by atoms with Gasteiger partial charge < -0.3 is 10.4 Å². The number of aliphatic hydroxyl groups is 1. The summed E-state index contributed by atoms with van der Waals surface area (Å²) in [5.74, 6) is -0.234. The van der Waals surface area contributed by atoms with Gasteiger partial charge in [-0.05, 0) is 37.5 Å². The van der Waals surface area contributed by atoms with Gasteiger partial charge >= 0.3 is 0 Å². The van der Waals surface area contributed by atoms with Gasteiger partial charge in [0.15, 0.2) is 0 Å². The van der Waals surface area contributed by atoms with Crippen LogP contribution in [0.1, 0.15) is 31.4 Å². The first kappa shape index (κ1) is 13.0. The third-order valence-corrected chi connectivity index (χ3v) is 4.19. The maximum atomic E-state index is 13.0. The van der Waals surface area contributed by atoms with Crippen molar-refractivity contribution in [2.75, 3.05) is 13.2 Å². The Hall–Kier alpha value is -0.450. The Morgan fingerprint density at radius 3 is 2.76 bits per heavy atom. The van der Waals surface area contributed by atoms with E-state index in [1.54, 1.807) is 6.07 Å². The van der Waals surface area contributed by atoms with E-state index in [9.17, 15) is 9.50 Å². The quantitative estimate of drug-likeness (QED) is 0.876. The molecule has 2 N–H and O–H groups in total.